The zero-order chi connectivity index (χ0) is 19.7. The number of likely N-dealkylation sites (N-methyl/N-ethyl adjacent to an activating group) is 1. The molecule has 9 heteroatoms. The number of rotatable bonds is 5. The molecule has 0 aliphatic rings. The fourth-order valence-electron chi connectivity index (χ4n) is 2.88. The van der Waals surface area contributed by atoms with Crippen molar-refractivity contribution in [2.75, 3.05) is 20.6 Å². The lowest BCUT2D eigenvalue weighted by molar-refractivity contribution is 0.0934. The van der Waals surface area contributed by atoms with Gasteiger partial charge in [0.2, 0.25) is 0 Å². The summed E-state index contributed by atoms with van der Waals surface area (Å²) in [6, 6.07) is 6.48. The first-order chi connectivity index (χ1) is 12.8. The largest absolute Gasteiger partial charge is 0.468 e. The first-order valence-corrected chi connectivity index (χ1v) is 8.36. The summed E-state index contributed by atoms with van der Waals surface area (Å²) < 4.78 is 7.68. The Balaban J connectivity index is 1.88. The van der Waals surface area contributed by atoms with E-state index in [2.05, 4.69) is 10.3 Å². The van der Waals surface area contributed by atoms with Gasteiger partial charge in [-0.2, -0.15) is 0 Å². The van der Waals surface area contributed by atoms with Crippen molar-refractivity contribution in [3.8, 4) is 0 Å². The number of hydrogen-bond acceptors (Lipinski definition) is 6. The van der Waals surface area contributed by atoms with Gasteiger partial charge >= 0.3 is 5.69 Å². The molecule has 1 N–H and O–H groups in total. The van der Waals surface area contributed by atoms with E-state index in [-0.39, 0.29) is 22.8 Å². The number of hydrogen-bond donors (Lipinski definition) is 1. The van der Waals surface area contributed by atoms with E-state index in [1.807, 2.05) is 25.1 Å². The van der Waals surface area contributed by atoms with Crippen LogP contribution in [0.4, 0.5) is 0 Å². The molecule has 0 spiro atoms. The number of furan rings is 1. The van der Waals surface area contributed by atoms with Gasteiger partial charge in [0.15, 0.2) is 0 Å². The molecule has 3 aromatic rings. The van der Waals surface area contributed by atoms with Crippen molar-refractivity contribution < 1.29 is 9.21 Å². The summed E-state index contributed by atoms with van der Waals surface area (Å²) in [5.41, 5.74) is -0.644. The van der Waals surface area contributed by atoms with Gasteiger partial charge in [0, 0.05) is 20.6 Å². The van der Waals surface area contributed by atoms with Crippen molar-refractivity contribution in [2.24, 2.45) is 14.1 Å². The maximum absolute atomic E-state index is 12.5. The molecule has 0 radical (unpaired) electrons. The standard InChI is InChI=1S/C18H21N5O4/c1-21(2)13(14-6-5-9-27-14)10-19-16(24)12-8-7-11-15(20-12)22(3)18(26)23(4)17(11)25/h5-9,13H,10H2,1-4H3,(H,19,24). The number of fused-ring (bicyclic) bond motifs is 1. The number of nitrogens with zero attached hydrogens (tertiary/aromatic N) is 4. The minimum absolute atomic E-state index is 0.128. The van der Waals surface area contributed by atoms with Crippen molar-refractivity contribution in [3.63, 3.8) is 0 Å². The van der Waals surface area contributed by atoms with Crippen LogP contribution in [0.15, 0.2) is 44.5 Å². The fraction of sp³-hybridized carbons (Fsp3) is 0.333. The third-order valence-corrected chi connectivity index (χ3v) is 4.49. The van der Waals surface area contributed by atoms with Crippen molar-refractivity contribution in [1.29, 1.82) is 0 Å². The molecule has 0 aromatic carbocycles. The summed E-state index contributed by atoms with van der Waals surface area (Å²) in [5, 5.41) is 3.10. The normalized spacial score (nSPS) is 12.5. The molecule has 1 amide bonds. The Hall–Kier alpha value is -3.20. The van der Waals surface area contributed by atoms with Gasteiger partial charge in [0.05, 0.1) is 17.7 Å². The van der Waals surface area contributed by atoms with E-state index in [4.69, 9.17) is 4.42 Å². The Labute approximate surface area is 154 Å². The van der Waals surface area contributed by atoms with Crippen molar-refractivity contribution in [1.82, 2.24) is 24.3 Å². The lowest BCUT2D eigenvalue weighted by Crippen LogP contribution is -2.38. The maximum Gasteiger partial charge on any atom is 0.332 e. The second kappa shape index (κ2) is 7.20. The zero-order valence-corrected chi connectivity index (χ0v) is 15.6. The van der Waals surface area contributed by atoms with E-state index in [0.29, 0.717) is 6.54 Å². The molecule has 0 aliphatic heterocycles. The molecule has 0 aliphatic carbocycles. The summed E-state index contributed by atoms with van der Waals surface area (Å²) in [6.45, 7) is 0.314. The number of carbonyl (C=O) groups excluding carboxylic acids is 1. The monoisotopic (exact) mass is 371 g/mol. The molecule has 0 fully saturated rings. The molecule has 1 atom stereocenters. The predicted molar refractivity (Wildman–Crippen MR) is 99.7 cm³/mol. The SMILES string of the molecule is CN(C)C(CNC(=O)c1ccc2c(=O)n(C)c(=O)n(C)c2n1)c1ccco1. The lowest BCUT2D eigenvalue weighted by atomic mass is 10.2. The highest BCUT2D eigenvalue weighted by atomic mass is 16.3. The van der Waals surface area contributed by atoms with Crippen LogP contribution in [0.25, 0.3) is 11.0 Å². The molecule has 3 heterocycles. The molecule has 0 saturated carbocycles. The van der Waals surface area contributed by atoms with E-state index in [1.54, 1.807) is 12.3 Å². The van der Waals surface area contributed by atoms with E-state index in [9.17, 15) is 14.4 Å². The Morgan fingerprint density at radius 3 is 2.59 bits per heavy atom. The lowest BCUT2D eigenvalue weighted by Gasteiger charge is -2.22. The van der Waals surface area contributed by atoms with E-state index < -0.39 is 17.2 Å². The zero-order valence-electron chi connectivity index (χ0n) is 15.6. The summed E-state index contributed by atoms with van der Waals surface area (Å²) in [4.78, 5) is 43.0. The first kappa shape index (κ1) is 18.6. The Kier molecular flexibility index (Phi) is 4.95. The highest BCUT2D eigenvalue weighted by molar-refractivity contribution is 5.94. The Bertz CT molecular complexity index is 1100. The highest BCUT2D eigenvalue weighted by Crippen LogP contribution is 2.17. The molecule has 9 nitrogen and oxygen atoms in total. The van der Waals surface area contributed by atoms with Crippen LogP contribution in [0, 0.1) is 0 Å². The second-order valence-electron chi connectivity index (χ2n) is 6.48. The van der Waals surface area contributed by atoms with Gasteiger partial charge < -0.3 is 9.73 Å². The van der Waals surface area contributed by atoms with Crippen LogP contribution >= 0.6 is 0 Å². The van der Waals surface area contributed by atoms with Crippen LogP contribution in [-0.2, 0) is 14.1 Å². The van der Waals surface area contributed by atoms with Crippen LogP contribution in [-0.4, -0.2) is 45.6 Å². The van der Waals surface area contributed by atoms with Crippen molar-refractivity contribution in [2.45, 2.75) is 6.04 Å². The number of pyridine rings is 1. The Morgan fingerprint density at radius 2 is 1.96 bits per heavy atom. The van der Waals surface area contributed by atoms with Gasteiger partial charge in [-0.3, -0.25) is 23.6 Å². The minimum Gasteiger partial charge on any atom is -0.468 e. The quantitative estimate of drug-likeness (QED) is 0.690. The molecule has 0 saturated heterocycles. The molecule has 142 valence electrons. The Morgan fingerprint density at radius 1 is 1.22 bits per heavy atom. The third kappa shape index (κ3) is 3.41. The summed E-state index contributed by atoms with van der Waals surface area (Å²) in [5.74, 6) is 0.334. The molecule has 0 bridgehead atoms. The van der Waals surface area contributed by atoms with Crippen molar-refractivity contribution >= 4 is 16.9 Å². The summed E-state index contributed by atoms with van der Waals surface area (Å²) >= 11 is 0. The number of carbonyl (C=O) groups is 1. The van der Waals surface area contributed by atoms with Crippen LogP contribution < -0.4 is 16.6 Å². The van der Waals surface area contributed by atoms with E-state index in [0.717, 1.165) is 10.3 Å². The number of aromatic nitrogens is 3. The van der Waals surface area contributed by atoms with Crippen LogP contribution in [0.2, 0.25) is 0 Å². The van der Waals surface area contributed by atoms with Gasteiger partial charge in [-0.1, -0.05) is 0 Å². The maximum atomic E-state index is 12.5. The van der Waals surface area contributed by atoms with Gasteiger partial charge in [-0.05, 0) is 38.4 Å². The first-order valence-electron chi connectivity index (χ1n) is 8.36. The summed E-state index contributed by atoms with van der Waals surface area (Å²) in [7, 11) is 6.69. The van der Waals surface area contributed by atoms with Crippen LogP contribution in [0.5, 0.6) is 0 Å². The average molecular weight is 371 g/mol. The highest BCUT2D eigenvalue weighted by Gasteiger charge is 2.19. The second-order valence-corrected chi connectivity index (χ2v) is 6.48. The number of aryl methyl sites for hydroxylation is 1. The minimum atomic E-state index is -0.497. The van der Waals surface area contributed by atoms with Crippen molar-refractivity contribution in [3.05, 3.63) is 62.8 Å². The number of nitrogens with one attached hydrogen (secondary N) is 1. The fourth-order valence-corrected chi connectivity index (χ4v) is 2.88. The molecule has 27 heavy (non-hydrogen) atoms. The topological polar surface area (TPSA) is 102 Å². The van der Waals surface area contributed by atoms with Gasteiger partial charge in [-0.15, -0.1) is 0 Å². The van der Waals surface area contributed by atoms with Gasteiger partial charge in [0.1, 0.15) is 17.1 Å². The molecule has 3 rings (SSSR count). The van der Waals surface area contributed by atoms with Gasteiger partial charge in [0.25, 0.3) is 11.5 Å². The molecule has 3 aromatic heterocycles. The third-order valence-electron chi connectivity index (χ3n) is 4.49. The summed E-state index contributed by atoms with van der Waals surface area (Å²) in [6.07, 6.45) is 1.58. The smallest absolute Gasteiger partial charge is 0.332 e. The van der Waals surface area contributed by atoms with Gasteiger partial charge in [-0.25, -0.2) is 9.78 Å². The average Bonchev–Trinajstić information content (AvgIpc) is 3.18. The predicted octanol–water partition coefficient (Wildman–Crippen LogP) is 0.258. The van der Waals surface area contributed by atoms with E-state index in [1.165, 1.54) is 30.8 Å². The van der Waals surface area contributed by atoms with E-state index >= 15 is 0 Å². The molecular weight excluding hydrogens is 350 g/mol. The molecule has 1 unspecified atom stereocenters. The van der Waals surface area contributed by atoms with Crippen LogP contribution in [0.1, 0.15) is 22.3 Å². The van der Waals surface area contributed by atoms with Crippen LogP contribution in [0.3, 0.4) is 0 Å². The molecular formula is C18H21N5O4. The number of amides is 1.